The third-order valence-electron chi connectivity index (χ3n) is 2.32. The van der Waals surface area contributed by atoms with Crippen molar-refractivity contribution in [3.05, 3.63) is 16.1 Å². The molecule has 5 nitrogen and oxygen atoms in total. The number of thioether (sulfide) groups is 1. The van der Waals surface area contributed by atoms with Crippen LogP contribution in [0.15, 0.2) is 5.38 Å². The topological polar surface area (TPSA) is 68.3 Å². The van der Waals surface area contributed by atoms with Gasteiger partial charge in [-0.25, -0.2) is 9.78 Å². The molecule has 1 unspecified atom stereocenters. The lowest BCUT2D eigenvalue weighted by Gasteiger charge is -2.11. The molecule has 0 saturated carbocycles. The van der Waals surface area contributed by atoms with Crippen molar-refractivity contribution in [2.24, 2.45) is 0 Å². The van der Waals surface area contributed by atoms with Crippen LogP contribution in [0, 0.1) is 6.92 Å². The molecule has 0 radical (unpaired) electrons. The van der Waals surface area contributed by atoms with Gasteiger partial charge in [0.15, 0.2) is 0 Å². The molecule has 0 aromatic carbocycles. The first-order valence-electron chi connectivity index (χ1n) is 5.89. The van der Waals surface area contributed by atoms with Crippen LogP contribution in [0.4, 0.5) is 0 Å². The van der Waals surface area contributed by atoms with Crippen LogP contribution in [-0.2, 0) is 20.1 Å². The van der Waals surface area contributed by atoms with E-state index in [9.17, 15) is 9.59 Å². The van der Waals surface area contributed by atoms with Gasteiger partial charge in [0.2, 0.25) is 5.91 Å². The quantitative estimate of drug-likeness (QED) is 0.614. The molecule has 1 N–H and O–H groups in total. The van der Waals surface area contributed by atoms with Crippen molar-refractivity contribution in [2.75, 3.05) is 12.9 Å². The average Bonchev–Trinajstić information content (AvgIpc) is 2.79. The molecular weight excluding hydrogens is 284 g/mol. The summed E-state index contributed by atoms with van der Waals surface area (Å²) in [5.74, 6) is 0.944. The van der Waals surface area contributed by atoms with Crippen LogP contribution in [0.2, 0.25) is 0 Å². The fraction of sp³-hybridized carbons (Fsp3) is 0.583. The van der Waals surface area contributed by atoms with Crippen LogP contribution in [0.5, 0.6) is 0 Å². The molecule has 1 atom stereocenters. The third-order valence-corrected chi connectivity index (χ3v) is 4.14. The van der Waals surface area contributed by atoms with Crippen LogP contribution in [-0.4, -0.2) is 35.8 Å². The van der Waals surface area contributed by atoms with Gasteiger partial charge in [-0.05, 0) is 13.8 Å². The number of rotatable bonds is 7. The summed E-state index contributed by atoms with van der Waals surface area (Å²) in [6.07, 6.45) is 0.384. The zero-order chi connectivity index (χ0) is 14.3. The second kappa shape index (κ2) is 8.16. The number of amides is 1. The van der Waals surface area contributed by atoms with Gasteiger partial charge in [0.25, 0.3) is 0 Å². The molecule has 0 aliphatic carbocycles. The number of methoxy groups -OCH3 is 1. The van der Waals surface area contributed by atoms with Crippen molar-refractivity contribution in [1.29, 1.82) is 0 Å². The molecular formula is C12H18N2O3S2. The highest BCUT2D eigenvalue weighted by atomic mass is 32.2. The monoisotopic (exact) mass is 302 g/mol. The fourth-order valence-electron chi connectivity index (χ4n) is 1.37. The number of aromatic nitrogens is 1. The van der Waals surface area contributed by atoms with E-state index >= 15 is 0 Å². The number of thiazole rings is 1. The molecule has 7 heteroatoms. The molecule has 1 heterocycles. The summed E-state index contributed by atoms with van der Waals surface area (Å²) in [7, 11) is 1.30. The van der Waals surface area contributed by atoms with Crippen LogP contribution >= 0.6 is 23.1 Å². The normalized spacial score (nSPS) is 11.9. The van der Waals surface area contributed by atoms with E-state index in [1.54, 1.807) is 30.0 Å². The number of carbonyl (C=O) groups is 2. The first-order chi connectivity index (χ1) is 9.02. The van der Waals surface area contributed by atoms with Crippen LogP contribution < -0.4 is 5.32 Å². The summed E-state index contributed by atoms with van der Waals surface area (Å²) in [6, 6.07) is -0.594. The van der Waals surface area contributed by atoms with Crippen molar-refractivity contribution in [3.63, 3.8) is 0 Å². The van der Waals surface area contributed by atoms with E-state index in [2.05, 4.69) is 15.0 Å². The van der Waals surface area contributed by atoms with E-state index in [1.807, 2.05) is 12.3 Å². The first kappa shape index (κ1) is 16.0. The molecule has 0 saturated heterocycles. The number of carbonyl (C=O) groups excluding carboxylic acids is 2. The van der Waals surface area contributed by atoms with Gasteiger partial charge in [-0.2, -0.15) is 11.8 Å². The Kier molecular flexibility index (Phi) is 6.86. The SMILES string of the molecule is COC(=O)C(C)NC(=O)CCSCc1csc(C)n1. The Labute approximate surface area is 121 Å². The number of aryl methyl sites for hydroxylation is 1. The van der Waals surface area contributed by atoms with Gasteiger partial charge in [0.1, 0.15) is 6.04 Å². The number of hydrogen-bond acceptors (Lipinski definition) is 6. The zero-order valence-corrected chi connectivity index (χ0v) is 12.9. The molecule has 0 aliphatic heterocycles. The predicted octanol–water partition coefficient (Wildman–Crippen LogP) is 1.75. The summed E-state index contributed by atoms with van der Waals surface area (Å²) in [6.45, 7) is 3.58. The van der Waals surface area contributed by atoms with Gasteiger partial charge in [0, 0.05) is 23.3 Å². The number of esters is 1. The van der Waals surface area contributed by atoms with Crippen molar-refractivity contribution < 1.29 is 14.3 Å². The minimum atomic E-state index is -0.594. The Morgan fingerprint density at radius 2 is 2.32 bits per heavy atom. The van der Waals surface area contributed by atoms with Crippen LogP contribution in [0.3, 0.4) is 0 Å². The maximum absolute atomic E-state index is 11.5. The number of ether oxygens (including phenoxy) is 1. The first-order valence-corrected chi connectivity index (χ1v) is 7.92. The predicted molar refractivity (Wildman–Crippen MR) is 77.3 cm³/mol. The van der Waals surface area contributed by atoms with E-state index in [0.29, 0.717) is 12.2 Å². The fourth-order valence-corrected chi connectivity index (χ4v) is 2.91. The van der Waals surface area contributed by atoms with Crippen molar-refractivity contribution in [2.45, 2.75) is 32.1 Å². The Hall–Kier alpha value is -1.08. The van der Waals surface area contributed by atoms with Crippen molar-refractivity contribution in [3.8, 4) is 0 Å². The minimum absolute atomic E-state index is 0.139. The molecule has 0 aliphatic rings. The molecule has 106 valence electrons. The molecule has 0 bridgehead atoms. The van der Waals surface area contributed by atoms with Gasteiger partial charge in [-0.3, -0.25) is 4.79 Å². The largest absolute Gasteiger partial charge is 0.467 e. The van der Waals surface area contributed by atoms with Gasteiger partial charge in [-0.1, -0.05) is 0 Å². The molecule has 0 fully saturated rings. The molecule has 0 spiro atoms. The summed E-state index contributed by atoms with van der Waals surface area (Å²) >= 11 is 3.28. The Bertz CT molecular complexity index is 434. The minimum Gasteiger partial charge on any atom is -0.467 e. The summed E-state index contributed by atoms with van der Waals surface area (Å²) in [5.41, 5.74) is 1.05. The zero-order valence-electron chi connectivity index (χ0n) is 11.3. The molecule has 1 amide bonds. The van der Waals surface area contributed by atoms with E-state index in [-0.39, 0.29) is 5.91 Å². The van der Waals surface area contributed by atoms with Gasteiger partial charge in [-0.15, -0.1) is 11.3 Å². The van der Waals surface area contributed by atoms with Crippen LogP contribution in [0.1, 0.15) is 24.0 Å². The summed E-state index contributed by atoms with van der Waals surface area (Å²) in [4.78, 5) is 27.0. The lowest BCUT2D eigenvalue weighted by atomic mass is 10.3. The van der Waals surface area contributed by atoms with Crippen molar-refractivity contribution >= 4 is 35.0 Å². The van der Waals surface area contributed by atoms with E-state index in [1.165, 1.54) is 7.11 Å². The summed E-state index contributed by atoms with van der Waals surface area (Å²) in [5, 5.41) is 5.68. The average molecular weight is 302 g/mol. The molecule has 1 aromatic rings. The van der Waals surface area contributed by atoms with Crippen molar-refractivity contribution in [1.82, 2.24) is 10.3 Å². The molecule has 1 aromatic heterocycles. The Balaban J connectivity index is 2.15. The standard InChI is InChI=1S/C12H18N2O3S2/c1-8(12(16)17-3)13-11(15)4-5-18-6-10-7-19-9(2)14-10/h7-8H,4-6H2,1-3H3,(H,13,15). The highest BCUT2D eigenvalue weighted by Gasteiger charge is 2.15. The molecule has 19 heavy (non-hydrogen) atoms. The highest BCUT2D eigenvalue weighted by molar-refractivity contribution is 7.98. The smallest absolute Gasteiger partial charge is 0.328 e. The van der Waals surface area contributed by atoms with Gasteiger partial charge < -0.3 is 10.1 Å². The van der Waals surface area contributed by atoms with Crippen LogP contribution in [0.25, 0.3) is 0 Å². The Morgan fingerprint density at radius 3 is 2.89 bits per heavy atom. The number of hydrogen-bond donors (Lipinski definition) is 1. The summed E-state index contributed by atoms with van der Waals surface area (Å²) < 4.78 is 4.53. The van der Waals surface area contributed by atoms with Gasteiger partial charge >= 0.3 is 5.97 Å². The number of nitrogens with zero attached hydrogens (tertiary/aromatic N) is 1. The van der Waals surface area contributed by atoms with E-state index in [4.69, 9.17) is 0 Å². The maximum Gasteiger partial charge on any atom is 0.328 e. The van der Waals surface area contributed by atoms with Gasteiger partial charge in [0.05, 0.1) is 17.8 Å². The second-order valence-electron chi connectivity index (χ2n) is 3.97. The third kappa shape index (κ3) is 6.07. The second-order valence-corrected chi connectivity index (χ2v) is 6.14. The maximum atomic E-state index is 11.5. The lowest BCUT2D eigenvalue weighted by molar-refractivity contribution is -0.144. The number of nitrogens with one attached hydrogen (secondary N) is 1. The lowest BCUT2D eigenvalue weighted by Crippen LogP contribution is -2.39. The Morgan fingerprint density at radius 1 is 1.58 bits per heavy atom. The van der Waals surface area contributed by atoms with E-state index in [0.717, 1.165) is 16.5 Å². The molecule has 1 rings (SSSR count). The highest BCUT2D eigenvalue weighted by Crippen LogP contribution is 2.15. The van der Waals surface area contributed by atoms with E-state index < -0.39 is 12.0 Å².